The molecule has 1 atom stereocenters. The van der Waals surface area contributed by atoms with Gasteiger partial charge in [-0.3, -0.25) is 9.13 Å². The van der Waals surface area contributed by atoms with E-state index in [-0.39, 0.29) is 5.69 Å². The summed E-state index contributed by atoms with van der Waals surface area (Å²) in [5.41, 5.74) is 5.40. The second-order valence-electron chi connectivity index (χ2n) is 7.81. The van der Waals surface area contributed by atoms with Crippen LogP contribution in [0.5, 0.6) is 0 Å². The molecule has 1 aliphatic rings. The van der Waals surface area contributed by atoms with Gasteiger partial charge in [0.15, 0.2) is 0 Å². The van der Waals surface area contributed by atoms with E-state index < -0.39 is 0 Å². The molecule has 1 unspecified atom stereocenters. The standard InChI is InChI=1S/C21H29N5O/c1-5-16(13-25-8-6-7-9-25)26-14-22-12-20(26)17-11-19-18(10-15(17)2)23(3)21(27)24(19)4/h10-12,14,16H,5-9,13H2,1-4H3. The monoisotopic (exact) mass is 367 g/mol. The van der Waals surface area contributed by atoms with Crippen molar-refractivity contribution in [2.75, 3.05) is 19.6 Å². The largest absolute Gasteiger partial charge is 0.328 e. The third-order valence-electron chi connectivity index (χ3n) is 6.09. The highest BCUT2D eigenvalue weighted by atomic mass is 16.1. The first-order chi connectivity index (χ1) is 13.0. The van der Waals surface area contributed by atoms with Crippen LogP contribution in [-0.4, -0.2) is 43.2 Å². The third kappa shape index (κ3) is 3.02. The predicted molar refractivity (Wildman–Crippen MR) is 109 cm³/mol. The van der Waals surface area contributed by atoms with Crippen LogP contribution in [0.2, 0.25) is 0 Å². The molecule has 1 aromatic carbocycles. The maximum atomic E-state index is 12.3. The van der Waals surface area contributed by atoms with E-state index in [2.05, 4.69) is 40.4 Å². The van der Waals surface area contributed by atoms with Crippen molar-refractivity contribution in [3.8, 4) is 11.3 Å². The number of fused-ring (bicyclic) bond motifs is 1. The maximum Gasteiger partial charge on any atom is 0.328 e. The van der Waals surface area contributed by atoms with Gasteiger partial charge in [0.05, 0.1) is 29.3 Å². The molecule has 0 spiro atoms. The fourth-order valence-electron chi connectivity index (χ4n) is 4.41. The number of rotatable bonds is 5. The maximum absolute atomic E-state index is 12.3. The van der Waals surface area contributed by atoms with Crippen molar-refractivity contribution in [3.05, 3.63) is 40.7 Å². The van der Waals surface area contributed by atoms with Crippen LogP contribution in [0.1, 0.15) is 37.8 Å². The number of benzene rings is 1. The van der Waals surface area contributed by atoms with Crippen molar-refractivity contribution >= 4 is 11.0 Å². The molecule has 0 aliphatic carbocycles. The zero-order valence-electron chi connectivity index (χ0n) is 16.8. The first kappa shape index (κ1) is 18.0. The van der Waals surface area contributed by atoms with E-state index in [0.29, 0.717) is 6.04 Å². The van der Waals surface area contributed by atoms with Crippen molar-refractivity contribution in [1.82, 2.24) is 23.6 Å². The van der Waals surface area contributed by atoms with Gasteiger partial charge in [0.1, 0.15) is 0 Å². The molecule has 0 amide bonds. The molecule has 3 heterocycles. The average Bonchev–Trinajstić information content (AvgIpc) is 3.39. The summed E-state index contributed by atoms with van der Waals surface area (Å²) in [6.45, 7) is 7.85. The van der Waals surface area contributed by atoms with E-state index in [1.807, 2.05) is 26.6 Å². The Bertz CT molecular complexity index is 1020. The van der Waals surface area contributed by atoms with E-state index in [9.17, 15) is 4.79 Å². The smallest absolute Gasteiger partial charge is 0.326 e. The highest BCUT2D eigenvalue weighted by Crippen LogP contribution is 2.30. The molecule has 6 heteroatoms. The first-order valence-electron chi connectivity index (χ1n) is 9.92. The zero-order valence-corrected chi connectivity index (χ0v) is 16.8. The molecule has 4 rings (SSSR count). The Hall–Kier alpha value is -2.34. The Morgan fingerprint density at radius 2 is 1.78 bits per heavy atom. The van der Waals surface area contributed by atoms with Crippen LogP contribution < -0.4 is 5.69 Å². The van der Waals surface area contributed by atoms with Crippen molar-refractivity contribution in [3.63, 3.8) is 0 Å². The molecule has 27 heavy (non-hydrogen) atoms. The van der Waals surface area contributed by atoms with Gasteiger partial charge in [-0.2, -0.15) is 0 Å². The lowest BCUT2D eigenvalue weighted by atomic mass is 10.0. The molecule has 2 aromatic heterocycles. The van der Waals surface area contributed by atoms with E-state index in [1.165, 1.54) is 31.5 Å². The van der Waals surface area contributed by atoms with Crippen molar-refractivity contribution in [2.24, 2.45) is 14.1 Å². The molecular formula is C21H29N5O. The van der Waals surface area contributed by atoms with Crippen LogP contribution >= 0.6 is 0 Å². The first-order valence-corrected chi connectivity index (χ1v) is 9.92. The van der Waals surface area contributed by atoms with Crippen molar-refractivity contribution in [2.45, 2.75) is 39.2 Å². The lowest BCUT2D eigenvalue weighted by molar-refractivity contribution is 0.273. The fraction of sp³-hybridized carbons (Fsp3) is 0.524. The Kier molecular flexibility index (Phi) is 4.68. The number of imidazole rings is 2. The number of likely N-dealkylation sites (tertiary alicyclic amines) is 1. The van der Waals surface area contributed by atoms with Crippen LogP contribution in [0, 0.1) is 6.92 Å². The molecular weight excluding hydrogens is 338 g/mol. The third-order valence-corrected chi connectivity index (χ3v) is 6.09. The fourth-order valence-corrected chi connectivity index (χ4v) is 4.41. The van der Waals surface area contributed by atoms with Gasteiger partial charge >= 0.3 is 5.69 Å². The molecule has 0 bridgehead atoms. The molecule has 3 aromatic rings. The van der Waals surface area contributed by atoms with Gasteiger partial charge < -0.3 is 9.47 Å². The van der Waals surface area contributed by atoms with Crippen LogP contribution in [0.25, 0.3) is 22.3 Å². The Morgan fingerprint density at radius 1 is 1.11 bits per heavy atom. The molecule has 0 saturated carbocycles. The molecule has 0 N–H and O–H groups in total. The van der Waals surface area contributed by atoms with Gasteiger partial charge in [-0.1, -0.05) is 6.92 Å². The second kappa shape index (κ2) is 7.00. The van der Waals surface area contributed by atoms with Crippen LogP contribution in [-0.2, 0) is 14.1 Å². The van der Waals surface area contributed by atoms with E-state index in [1.54, 1.807) is 9.13 Å². The molecule has 6 nitrogen and oxygen atoms in total. The number of aryl methyl sites for hydroxylation is 3. The predicted octanol–water partition coefficient (Wildman–Crippen LogP) is 3.10. The van der Waals surface area contributed by atoms with Gasteiger partial charge in [0.25, 0.3) is 0 Å². The van der Waals surface area contributed by atoms with E-state index >= 15 is 0 Å². The lowest BCUT2D eigenvalue weighted by Crippen LogP contribution is -2.28. The minimum atomic E-state index is 0.00975. The number of hydrogen-bond donors (Lipinski definition) is 0. The minimum absolute atomic E-state index is 0.00975. The molecule has 1 aliphatic heterocycles. The number of aromatic nitrogens is 4. The van der Waals surface area contributed by atoms with Gasteiger partial charge in [0, 0.05) is 32.2 Å². The minimum Gasteiger partial charge on any atom is -0.326 e. The van der Waals surface area contributed by atoms with Gasteiger partial charge in [0.2, 0.25) is 0 Å². The summed E-state index contributed by atoms with van der Waals surface area (Å²) in [4.78, 5) is 19.4. The van der Waals surface area contributed by atoms with Gasteiger partial charge in [-0.15, -0.1) is 0 Å². The summed E-state index contributed by atoms with van der Waals surface area (Å²) in [6, 6.07) is 4.67. The van der Waals surface area contributed by atoms with Gasteiger partial charge in [-0.05, 0) is 57.0 Å². The summed E-state index contributed by atoms with van der Waals surface area (Å²) in [5, 5.41) is 0. The summed E-state index contributed by atoms with van der Waals surface area (Å²) in [6.07, 6.45) is 7.62. The highest BCUT2D eigenvalue weighted by Gasteiger charge is 2.21. The average molecular weight is 367 g/mol. The van der Waals surface area contributed by atoms with Crippen LogP contribution in [0.3, 0.4) is 0 Å². The van der Waals surface area contributed by atoms with Crippen LogP contribution in [0.15, 0.2) is 29.5 Å². The summed E-state index contributed by atoms with van der Waals surface area (Å²) < 4.78 is 5.76. The van der Waals surface area contributed by atoms with Gasteiger partial charge in [-0.25, -0.2) is 9.78 Å². The van der Waals surface area contributed by atoms with E-state index in [0.717, 1.165) is 35.3 Å². The topological polar surface area (TPSA) is 48.0 Å². The second-order valence-corrected chi connectivity index (χ2v) is 7.81. The van der Waals surface area contributed by atoms with Crippen molar-refractivity contribution < 1.29 is 0 Å². The molecule has 1 fully saturated rings. The molecule has 1 saturated heterocycles. The summed E-state index contributed by atoms with van der Waals surface area (Å²) in [7, 11) is 3.67. The summed E-state index contributed by atoms with van der Waals surface area (Å²) >= 11 is 0. The SMILES string of the molecule is CCC(CN1CCCC1)n1cncc1-c1cc2c(cc1C)n(C)c(=O)n2C. The highest BCUT2D eigenvalue weighted by molar-refractivity contribution is 5.84. The lowest BCUT2D eigenvalue weighted by Gasteiger charge is -2.25. The molecule has 144 valence electrons. The Labute approximate surface area is 160 Å². The van der Waals surface area contributed by atoms with Crippen LogP contribution in [0.4, 0.5) is 0 Å². The van der Waals surface area contributed by atoms with E-state index in [4.69, 9.17) is 0 Å². The Morgan fingerprint density at radius 3 is 2.44 bits per heavy atom. The van der Waals surface area contributed by atoms with Crippen molar-refractivity contribution in [1.29, 1.82) is 0 Å². The quantitative estimate of drug-likeness (QED) is 0.696. The normalized spacial score (nSPS) is 16.4. The molecule has 0 radical (unpaired) electrons. The number of nitrogens with zero attached hydrogens (tertiary/aromatic N) is 5. The summed E-state index contributed by atoms with van der Waals surface area (Å²) in [5.74, 6) is 0. The zero-order chi connectivity index (χ0) is 19.1. The Balaban J connectivity index is 1.78. The number of hydrogen-bond acceptors (Lipinski definition) is 3.